The van der Waals surface area contributed by atoms with Gasteiger partial charge in [0.25, 0.3) is 15.9 Å². The van der Waals surface area contributed by atoms with Crippen molar-refractivity contribution in [3.63, 3.8) is 0 Å². The van der Waals surface area contributed by atoms with Gasteiger partial charge in [0.1, 0.15) is 0 Å². The van der Waals surface area contributed by atoms with E-state index in [1.165, 1.54) is 18.2 Å². The van der Waals surface area contributed by atoms with Crippen LogP contribution in [-0.2, 0) is 10.0 Å². The number of hydrogen-bond donors (Lipinski definition) is 2. The molecule has 134 valence electrons. The quantitative estimate of drug-likeness (QED) is 0.763. The van der Waals surface area contributed by atoms with Crippen molar-refractivity contribution in [1.82, 2.24) is 5.32 Å². The average molecular weight is 401 g/mol. The zero-order valence-electron chi connectivity index (χ0n) is 13.7. The third-order valence-electron chi connectivity index (χ3n) is 3.26. The van der Waals surface area contributed by atoms with Gasteiger partial charge in [-0.15, -0.1) is 0 Å². The number of rotatable bonds is 6. The second-order valence-corrected chi connectivity index (χ2v) is 8.38. The van der Waals surface area contributed by atoms with Gasteiger partial charge < -0.3 is 5.32 Å². The van der Waals surface area contributed by atoms with Crippen molar-refractivity contribution in [2.45, 2.75) is 18.7 Å². The van der Waals surface area contributed by atoms with Crippen LogP contribution in [0.15, 0.2) is 47.4 Å². The summed E-state index contributed by atoms with van der Waals surface area (Å²) in [7, 11) is -3.86. The van der Waals surface area contributed by atoms with Gasteiger partial charge >= 0.3 is 0 Å². The van der Waals surface area contributed by atoms with E-state index in [2.05, 4.69) is 10.0 Å². The number of carbonyl (C=O) groups is 1. The highest BCUT2D eigenvalue weighted by atomic mass is 35.5. The van der Waals surface area contributed by atoms with Crippen LogP contribution in [0.1, 0.15) is 24.2 Å². The lowest BCUT2D eigenvalue weighted by Crippen LogP contribution is -2.27. The van der Waals surface area contributed by atoms with Crippen LogP contribution in [0.3, 0.4) is 0 Å². The van der Waals surface area contributed by atoms with Gasteiger partial charge in [0, 0.05) is 17.3 Å². The predicted octanol–water partition coefficient (Wildman–Crippen LogP) is 4.18. The van der Waals surface area contributed by atoms with Gasteiger partial charge in [0.15, 0.2) is 0 Å². The lowest BCUT2D eigenvalue weighted by atomic mass is 10.2. The SMILES string of the molecule is CC(C)CNC(=O)c1cc(S(=O)(=O)Nc2ccc(Cl)cc2)ccc1Cl. The summed E-state index contributed by atoms with van der Waals surface area (Å²) in [6, 6.07) is 10.2. The number of amides is 1. The van der Waals surface area contributed by atoms with E-state index < -0.39 is 15.9 Å². The number of sulfonamides is 1. The third kappa shape index (κ3) is 5.36. The second-order valence-electron chi connectivity index (χ2n) is 5.86. The Morgan fingerprint density at radius 3 is 2.32 bits per heavy atom. The summed E-state index contributed by atoms with van der Waals surface area (Å²) in [5.41, 5.74) is 0.478. The van der Waals surface area contributed by atoms with Crippen LogP contribution >= 0.6 is 23.2 Å². The first-order chi connectivity index (χ1) is 11.7. The zero-order valence-corrected chi connectivity index (χ0v) is 16.0. The molecular formula is C17H18Cl2N2O3S. The highest BCUT2D eigenvalue weighted by Gasteiger charge is 2.19. The summed E-state index contributed by atoms with van der Waals surface area (Å²) in [6.07, 6.45) is 0. The van der Waals surface area contributed by atoms with E-state index in [4.69, 9.17) is 23.2 Å². The van der Waals surface area contributed by atoms with Crippen LogP contribution in [0, 0.1) is 5.92 Å². The van der Waals surface area contributed by atoms with Gasteiger partial charge in [-0.1, -0.05) is 37.0 Å². The maximum absolute atomic E-state index is 12.5. The molecule has 25 heavy (non-hydrogen) atoms. The van der Waals surface area contributed by atoms with Gasteiger partial charge in [-0.3, -0.25) is 9.52 Å². The number of benzene rings is 2. The smallest absolute Gasteiger partial charge is 0.261 e. The minimum atomic E-state index is -3.86. The standard InChI is InChI=1S/C17H18Cl2N2O3S/c1-11(2)10-20-17(22)15-9-14(7-8-16(15)19)25(23,24)21-13-5-3-12(18)4-6-13/h3-9,11,21H,10H2,1-2H3,(H,20,22). The molecule has 0 heterocycles. The molecule has 0 aliphatic carbocycles. The van der Waals surface area contributed by atoms with Crippen molar-refractivity contribution >= 4 is 44.8 Å². The molecule has 0 atom stereocenters. The molecule has 0 bridgehead atoms. The Morgan fingerprint density at radius 1 is 1.08 bits per heavy atom. The van der Waals surface area contributed by atoms with Crippen LogP contribution < -0.4 is 10.0 Å². The van der Waals surface area contributed by atoms with Crippen molar-refractivity contribution in [2.24, 2.45) is 5.92 Å². The van der Waals surface area contributed by atoms with Crippen molar-refractivity contribution in [3.8, 4) is 0 Å². The highest BCUT2D eigenvalue weighted by Crippen LogP contribution is 2.23. The molecule has 0 saturated carbocycles. The van der Waals surface area contributed by atoms with Crippen molar-refractivity contribution in [2.75, 3.05) is 11.3 Å². The van der Waals surface area contributed by atoms with E-state index in [1.54, 1.807) is 24.3 Å². The monoisotopic (exact) mass is 400 g/mol. The van der Waals surface area contributed by atoms with E-state index in [1.807, 2.05) is 13.8 Å². The Labute approximate surface area is 157 Å². The Hall–Kier alpha value is -1.76. The molecule has 0 aliphatic heterocycles. The van der Waals surface area contributed by atoms with Crippen LogP contribution in [0.5, 0.6) is 0 Å². The first-order valence-corrected chi connectivity index (χ1v) is 9.79. The summed E-state index contributed by atoms with van der Waals surface area (Å²) < 4.78 is 27.5. The van der Waals surface area contributed by atoms with Crippen LogP contribution in [0.4, 0.5) is 5.69 Å². The summed E-state index contributed by atoms with van der Waals surface area (Å²) in [6.45, 7) is 4.38. The number of anilines is 1. The molecule has 0 aliphatic rings. The largest absolute Gasteiger partial charge is 0.352 e. The predicted molar refractivity (Wildman–Crippen MR) is 101 cm³/mol. The number of carbonyl (C=O) groups excluding carboxylic acids is 1. The molecule has 8 heteroatoms. The molecule has 0 fully saturated rings. The maximum atomic E-state index is 12.5. The number of hydrogen-bond acceptors (Lipinski definition) is 3. The van der Waals surface area contributed by atoms with Gasteiger partial charge in [-0.05, 0) is 48.4 Å². The molecular weight excluding hydrogens is 383 g/mol. The molecule has 2 N–H and O–H groups in total. The first kappa shape index (κ1) is 19.6. The molecule has 0 saturated heterocycles. The highest BCUT2D eigenvalue weighted by molar-refractivity contribution is 7.92. The van der Waals surface area contributed by atoms with Crippen LogP contribution in [-0.4, -0.2) is 20.9 Å². The Bertz CT molecular complexity index is 866. The molecule has 0 unspecified atom stereocenters. The number of halogens is 2. The zero-order chi connectivity index (χ0) is 18.6. The molecule has 5 nitrogen and oxygen atoms in total. The normalized spacial score (nSPS) is 11.4. The molecule has 2 aromatic carbocycles. The Kier molecular flexibility index (Phi) is 6.32. The van der Waals surface area contributed by atoms with E-state index >= 15 is 0 Å². The lowest BCUT2D eigenvalue weighted by molar-refractivity contribution is 0.0949. The molecule has 2 rings (SSSR count). The summed E-state index contributed by atoms with van der Waals surface area (Å²) >= 11 is 11.8. The van der Waals surface area contributed by atoms with Gasteiger partial charge in [0.05, 0.1) is 15.5 Å². The average Bonchev–Trinajstić information content (AvgIpc) is 2.54. The summed E-state index contributed by atoms with van der Waals surface area (Å²) in [4.78, 5) is 12.2. The molecule has 0 spiro atoms. The van der Waals surface area contributed by atoms with E-state index in [0.29, 0.717) is 17.3 Å². The van der Waals surface area contributed by atoms with E-state index in [-0.39, 0.29) is 21.4 Å². The van der Waals surface area contributed by atoms with Crippen LogP contribution in [0.25, 0.3) is 0 Å². The van der Waals surface area contributed by atoms with Crippen molar-refractivity contribution in [3.05, 3.63) is 58.1 Å². The Balaban J connectivity index is 2.27. The van der Waals surface area contributed by atoms with Gasteiger partial charge in [-0.25, -0.2) is 8.42 Å². The molecule has 1 amide bonds. The topological polar surface area (TPSA) is 75.3 Å². The fourth-order valence-corrected chi connectivity index (χ4v) is 3.38. The van der Waals surface area contributed by atoms with Crippen molar-refractivity contribution < 1.29 is 13.2 Å². The van der Waals surface area contributed by atoms with Gasteiger partial charge in [-0.2, -0.15) is 0 Å². The fourth-order valence-electron chi connectivity index (χ4n) is 1.97. The minimum Gasteiger partial charge on any atom is -0.352 e. The van der Waals surface area contributed by atoms with Crippen molar-refractivity contribution in [1.29, 1.82) is 0 Å². The summed E-state index contributed by atoms with van der Waals surface area (Å²) in [5.74, 6) is -0.150. The fraction of sp³-hybridized carbons (Fsp3) is 0.235. The first-order valence-electron chi connectivity index (χ1n) is 7.55. The summed E-state index contributed by atoms with van der Waals surface area (Å²) in [5, 5.41) is 3.41. The molecule has 0 aromatic heterocycles. The van der Waals surface area contributed by atoms with E-state index in [0.717, 1.165) is 0 Å². The number of nitrogens with one attached hydrogen (secondary N) is 2. The third-order valence-corrected chi connectivity index (χ3v) is 5.22. The maximum Gasteiger partial charge on any atom is 0.261 e. The Morgan fingerprint density at radius 2 is 1.72 bits per heavy atom. The second kappa shape index (κ2) is 8.08. The minimum absolute atomic E-state index is 0.0541. The van der Waals surface area contributed by atoms with Gasteiger partial charge in [0.2, 0.25) is 0 Å². The van der Waals surface area contributed by atoms with E-state index in [9.17, 15) is 13.2 Å². The molecule has 2 aromatic rings. The lowest BCUT2D eigenvalue weighted by Gasteiger charge is -2.12. The molecule has 0 radical (unpaired) electrons. The van der Waals surface area contributed by atoms with Crippen LogP contribution in [0.2, 0.25) is 10.0 Å².